The lowest BCUT2D eigenvalue weighted by atomic mass is 9.72. The SMILES string of the molecule is C#CCO[C@@H]1C=C[C@@H]2O[C@@H]3[C@@H](I)[C@H]4C[C@@H]3[C@@H]2[C@H]41. The van der Waals surface area contributed by atoms with Crippen LogP contribution in [-0.2, 0) is 9.47 Å². The second kappa shape index (κ2) is 3.72. The fraction of sp³-hybridized carbons (Fsp3) is 0.714. The summed E-state index contributed by atoms with van der Waals surface area (Å²) in [5, 5.41) is 0. The lowest BCUT2D eigenvalue weighted by molar-refractivity contribution is 0.0141. The molecule has 0 unspecified atom stereocenters. The summed E-state index contributed by atoms with van der Waals surface area (Å²) in [6.45, 7) is 0.427. The summed E-state index contributed by atoms with van der Waals surface area (Å²) >= 11 is 2.59. The third kappa shape index (κ3) is 1.30. The molecular weight excluding hydrogens is 327 g/mol. The predicted octanol–water partition coefficient (Wildman–Crippen LogP) is 2.03. The molecule has 3 aliphatic carbocycles. The number of rotatable bonds is 2. The van der Waals surface area contributed by atoms with Crippen LogP contribution in [0.5, 0.6) is 0 Å². The zero-order valence-corrected chi connectivity index (χ0v) is 11.6. The average molecular weight is 342 g/mol. The highest BCUT2D eigenvalue weighted by molar-refractivity contribution is 14.1. The highest BCUT2D eigenvalue weighted by Gasteiger charge is 2.66. The summed E-state index contributed by atoms with van der Waals surface area (Å²) in [6, 6.07) is 0. The quantitative estimate of drug-likeness (QED) is 0.331. The fourth-order valence-electron chi connectivity index (χ4n) is 4.58. The molecule has 1 heterocycles. The van der Waals surface area contributed by atoms with Crippen molar-refractivity contribution in [2.75, 3.05) is 6.61 Å². The number of hydrogen-bond acceptors (Lipinski definition) is 2. The molecule has 90 valence electrons. The van der Waals surface area contributed by atoms with E-state index in [1.165, 1.54) is 6.42 Å². The van der Waals surface area contributed by atoms with Gasteiger partial charge >= 0.3 is 0 Å². The molecule has 0 amide bonds. The molecule has 2 saturated carbocycles. The number of halogens is 1. The maximum absolute atomic E-state index is 6.18. The molecule has 17 heavy (non-hydrogen) atoms. The van der Waals surface area contributed by atoms with Gasteiger partial charge in [0.25, 0.3) is 0 Å². The molecule has 1 saturated heterocycles. The topological polar surface area (TPSA) is 18.5 Å². The Balaban J connectivity index is 1.67. The van der Waals surface area contributed by atoms with Gasteiger partial charge < -0.3 is 9.47 Å². The minimum absolute atomic E-state index is 0.224. The molecule has 0 aromatic rings. The monoisotopic (exact) mass is 342 g/mol. The van der Waals surface area contributed by atoms with Crippen LogP contribution in [0.25, 0.3) is 0 Å². The molecule has 3 heteroatoms. The number of fused-ring (bicyclic) bond motifs is 2. The van der Waals surface area contributed by atoms with Gasteiger partial charge in [-0.1, -0.05) is 40.7 Å². The minimum Gasteiger partial charge on any atom is -0.369 e. The Kier molecular flexibility index (Phi) is 2.37. The Hall–Kier alpha value is -0.0500. The van der Waals surface area contributed by atoms with Gasteiger partial charge in [-0.05, 0) is 30.1 Å². The number of hydrogen-bond donors (Lipinski definition) is 0. The Morgan fingerprint density at radius 3 is 3.06 bits per heavy atom. The normalized spacial score (nSPS) is 57.4. The van der Waals surface area contributed by atoms with Crippen LogP contribution < -0.4 is 0 Å². The fourth-order valence-corrected chi connectivity index (χ4v) is 6.06. The summed E-state index contributed by atoms with van der Waals surface area (Å²) in [5.41, 5.74) is 0. The van der Waals surface area contributed by atoms with E-state index in [-0.39, 0.29) is 6.10 Å². The smallest absolute Gasteiger partial charge is 0.108 e. The van der Waals surface area contributed by atoms with E-state index >= 15 is 0 Å². The molecule has 2 nitrogen and oxygen atoms in total. The van der Waals surface area contributed by atoms with E-state index in [0.717, 1.165) is 11.8 Å². The van der Waals surface area contributed by atoms with Crippen LogP contribution in [0.1, 0.15) is 6.42 Å². The van der Waals surface area contributed by atoms with Crippen molar-refractivity contribution >= 4 is 22.6 Å². The maximum atomic E-state index is 6.18. The summed E-state index contributed by atoms with van der Waals surface area (Å²) < 4.78 is 12.7. The lowest BCUT2D eigenvalue weighted by Gasteiger charge is -2.37. The first-order valence-electron chi connectivity index (χ1n) is 6.34. The van der Waals surface area contributed by atoms with Crippen LogP contribution in [0.15, 0.2) is 12.2 Å². The summed E-state index contributed by atoms with van der Waals surface area (Å²) in [7, 11) is 0. The molecule has 0 aromatic carbocycles. The Morgan fingerprint density at radius 2 is 2.24 bits per heavy atom. The van der Waals surface area contributed by atoms with Crippen LogP contribution in [0.2, 0.25) is 0 Å². The van der Waals surface area contributed by atoms with Gasteiger partial charge in [0.05, 0.1) is 18.3 Å². The average Bonchev–Trinajstić information content (AvgIpc) is 2.95. The van der Waals surface area contributed by atoms with Gasteiger partial charge in [0.2, 0.25) is 0 Å². The van der Waals surface area contributed by atoms with E-state index in [1.54, 1.807) is 0 Å². The molecule has 4 rings (SSSR count). The van der Waals surface area contributed by atoms with Gasteiger partial charge in [0.15, 0.2) is 0 Å². The second-order valence-corrected chi connectivity index (χ2v) is 7.03. The van der Waals surface area contributed by atoms with Crippen molar-refractivity contribution in [1.82, 2.24) is 0 Å². The highest BCUT2D eigenvalue weighted by atomic mass is 127. The van der Waals surface area contributed by atoms with Crippen molar-refractivity contribution in [3.63, 3.8) is 0 Å². The van der Waals surface area contributed by atoms with E-state index in [2.05, 4.69) is 40.7 Å². The summed E-state index contributed by atoms with van der Waals surface area (Å²) in [5.74, 6) is 5.47. The standard InChI is InChI=1S/C14H15IO2/c1-2-5-16-9-3-4-10-12-8-6-7(11(9)12)13(15)14(8)17-10/h1,3-4,7-14H,5-6H2/t7-,8+,9+,10-,11+,12-,13-,14-/m0/s1. The van der Waals surface area contributed by atoms with Crippen LogP contribution in [-0.4, -0.2) is 28.8 Å². The summed E-state index contributed by atoms with van der Waals surface area (Å²) in [4.78, 5) is 0. The molecule has 1 aliphatic heterocycles. The van der Waals surface area contributed by atoms with Gasteiger partial charge in [0, 0.05) is 3.92 Å². The van der Waals surface area contributed by atoms with Gasteiger partial charge in [-0.25, -0.2) is 0 Å². The number of terminal acetylenes is 1. The first-order valence-corrected chi connectivity index (χ1v) is 7.59. The third-order valence-electron chi connectivity index (χ3n) is 5.04. The molecule has 2 bridgehead atoms. The van der Waals surface area contributed by atoms with Crippen molar-refractivity contribution in [2.45, 2.75) is 28.7 Å². The Labute approximate surface area is 115 Å². The van der Waals surface area contributed by atoms with E-state index in [0.29, 0.717) is 34.6 Å². The number of alkyl halides is 1. The molecule has 8 atom stereocenters. The highest BCUT2D eigenvalue weighted by Crippen LogP contribution is 2.64. The van der Waals surface area contributed by atoms with Crippen molar-refractivity contribution in [2.24, 2.45) is 23.7 Å². The van der Waals surface area contributed by atoms with Crippen molar-refractivity contribution in [3.8, 4) is 12.3 Å². The molecule has 3 fully saturated rings. The van der Waals surface area contributed by atoms with E-state index in [4.69, 9.17) is 15.9 Å². The zero-order chi connectivity index (χ0) is 11.6. The largest absolute Gasteiger partial charge is 0.369 e. The zero-order valence-electron chi connectivity index (χ0n) is 9.46. The predicted molar refractivity (Wildman–Crippen MR) is 72.8 cm³/mol. The Morgan fingerprint density at radius 1 is 1.35 bits per heavy atom. The molecule has 0 radical (unpaired) electrons. The third-order valence-corrected chi connectivity index (χ3v) is 6.68. The molecule has 4 aliphatic rings. The van der Waals surface area contributed by atoms with E-state index in [9.17, 15) is 0 Å². The molecule has 0 spiro atoms. The van der Waals surface area contributed by atoms with E-state index < -0.39 is 0 Å². The number of ether oxygens (including phenoxy) is 2. The second-order valence-electron chi connectivity index (χ2n) is 5.59. The van der Waals surface area contributed by atoms with Crippen molar-refractivity contribution in [3.05, 3.63) is 12.2 Å². The van der Waals surface area contributed by atoms with Gasteiger partial charge in [-0.2, -0.15) is 0 Å². The van der Waals surface area contributed by atoms with Crippen molar-refractivity contribution in [1.29, 1.82) is 0 Å². The van der Waals surface area contributed by atoms with Crippen LogP contribution >= 0.6 is 22.6 Å². The van der Waals surface area contributed by atoms with Crippen molar-refractivity contribution < 1.29 is 9.47 Å². The van der Waals surface area contributed by atoms with Crippen LogP contribution in [0.4, 0.5) is 0 Å². The van der Waals surface area contributed by atoms with E-state index in [1.807, 2.05) is 0 Å². The van der Waals surface area contributed by atoms with Crippen LogP contribution in [0.3, 0.4) is 0 Å². The molecular formula is C14H15IO2. The summed E-state index contributed by atoms with van der Waals surface area (Å²) in [6.07, 6.45) is 12.1. The lowest BCUT2D eigenvalue weighted by Crippen LogP contribution is -2.42. The van der Waals surface area contributed by atoms with Gasteiger partial charge in [0.1, 0.15) is 6.61 Å². The van der Waals surface area contributed by atoms with Gasteiger partial charge in [-0.3, -0.25) is 0 Å². The minimum atomic E-state index is 0.224. The molecule has 0 aromatic heterocycles. The first-order chi connectivity index (χ1) is 8.31. The Bertz CT molecular complexity index is 413. The van der Waals surface area contributed by atoms with Gasteiger partial charge in [-0.15, -0.1) is 6.42 Å². The maximum Gasteiger partial charge on any atom is 0.108 e. The molecule has 0 N–H and O–H groups in total. The van der Waals surface area contributed by atoms with Crippen LogP contribution in [0, 0.1) is 36.0 Å². The first kappa shape index (κ1) is 10.8.